The Morgan fingerprint density at radius 1 is 0.567 bits per heavy atom. The zero-order valence-electron chi connectivity index (χ0n) is 35.7. The molecule has 0 bridgehead atoms. The van der Waals surface area contributed by atoms with E-state index < -0.39 is 5.41 Å². The number of benzene rings is 6. The van der Waals surface area contributed by atoms with Crippen LogP contribution in [0.4, 0.5) is 0 Å². The second-order valence-corrected chi connectivity index (χ2v) is 18.9. The van der Waals surface area contributed by atoms with Gasteiger partial charge >= 0.3 is 0 Å². The van der Waals surface area contributed by atoms with Crippen molar-refractivity contribution < 1.29 is 0 Å². The molecule has 6 aromatic rings. The molecule has 0 N–H and O–H groups in total. The summed E-state index contributed by atoms with van der Waals surface area (Å²) in [5, 5.41) is 0. The van der Waals surface area contributed by atoms with Gasteiger partial charge in [0.25, 0.3) is 0 Å². The van der Waals surface area contributed by atoms with Crippen molar-refractivity contribution in [3.8, 4) is 11.1 Å². The molecule has 4 unspecified atom stereocenters. The number of hydrogen-bond acceptors (Lipinski definition) is 3. The van der Waals surface area contributed by atoms with Crippen molar-refractivity contribution in [3.05, 3.63) is 208 Å². The molecule has 0 radical (unpaired) electrons. The summed E-state index contributed by atoms with van der Waals surface area (Å²) in [6, 6.07) is 54.3. The van der Waals surface area contributed by atoms with Gasteiger partial charge in [0.15, 0.2) is 5.84 Å². The largest absolute Gasteiger partial charge is 0.257 e. The van der Waals surface area contributed by atoms with Crippen molar-refractivity contribution >= 4 is 28.9 Å². The van der Waals surface area contributed by atoms with Gasteiger partial charge in [-0.3, -0.25) is 4.99 Å². The SMILES string of the molecule is CCC1C(c2ccccc2)=NC(c2ccc3c(c2)C2(c4ccccc4Sc4ccccc42)c2ccccc2-3)=NC1c1ccc(C2=CC=C(C(C)C)C(CC)C2C(C)C)cc1. The zero-order valence-corrected chi connectivity index (χ0v) is 36.5. The monoisotopic (exact) mass is 798 g/mol. The Morgan fingerprint density at radius 3 is 1.82 bits per heavy atom. The van der Waals surface area contributed by atoms with E-state index in [1.807, 2.05) is 11.8 Å². The van der Waals surface area contributed by atoms with Gasteiger partial charge < -0.3 is 0 Å². The van der Waals surface area contributed by atoms with Crippen molar-refractivity contribution in [2.45, 2.75) is 75.6 Å². The van der Waals surface area contributed by atoms with Gasteiger partial charge in [0.2, 0.25) is 0 Å². The molecule has 60 heavy (non-hydrogen) atoms. The summed E-state index contributed by atoms with van der Waals surface area (Å²) in [5.74, 6) is 3.12. The summed E-state index contributed by atoms with van der Waals surface area (Å²) in [4.78, 5) is 13.9. The maximum atomic E-state index is 5.69. The van der Waals surface area contributed by atoms with Gasteiger partial charge in [-0.15, -0.1) is 0 Å². The molecular weight excluding hydrogens is 745 g/mol. The van der Waals surface area contributed by atoms with Gasteiger partial charge in [0.1, 0.15) is 0 Å². The lowest BCUT2D eigenvalue weighted by molar-refractivity contribution is 0.333. The molecule has 0 aromatic heterocycles. The van der Waals surface area contributed by atoms with Crippen LogP contribution in [-0.4, -0.2) is 11.5 Å². The molecule has 2 heterocycles. The van der Waals surface area contributed by atoms with Crippen LogP contribution in [0.25, 0.3) is 16.7 Å². The predicted molar refractivity (Wildman–Crippen MR) is 253 cm³/mol. The minimum atomic E-state index is -0.452. The molecule has 4 aliphatic rings. The summed E-state index contributed by atoms with van der Waals surface area (Å²) in [5.41, 5.74) is 16.4. The van der Waals surface area contributed by atoms with Crippen LogP contribution in [0.5, 0.6) is 0 Å². The van der Waals surface area contributed by atoms with E-state index in [9.17, 15) is 0 Å². The lowest BCUT2D eigenvalue weighted by atomic mass is 9.67. The highest BCUT2D eigenvalue weighted by Gasteiger charge is 2.50. The van der Waals surface area contributed by atoms with Crippen LogP contribution in [0.3, 0.4) is 0 Å². The zero-order chi connectivity index (χ0) is 41.1. The van der Waals surface area contributed by atoms with Gasteiger partial charge in [-0.2, -0.15) is 0 Å². The average Bonchev–Trinajstić information content (AvgIpc) is 3.58. The third-order valence-corrected chi connectivity index (χ3v) is 15.1. The summed E-state index contributed by atoms with van der Waals surface area (Å²) in [7, 11) is 0. The fraction of sp³-hybridized carbons (Fsp3) is 0.263. The highest BCUT2D eigenvalue weighted by molar-refractivity contribution is 7.99. The maximum absolute atomic E-state index is 5.69. The quantitative estimate of drug-likeness (QED) is 0.150. The van der Waals surface area contributed by atoms with Crippen LogP contribution in [0.1, 0.15) is 105 Å². The Kier molecular flexibility index (Phi) is 10.00. The fourth-order valence-corrected chi connectivity index (χ4v) is 12.5. The minimum absolute atomic E-state index is 0.0734. The topological polar surface area (TPSA) is 24.7 Å². The van der Waals surface area contributed by atoms with Crippen LogP contribution in [0.15, 0.2) is 183 Å². The molecular formula is C57H54N2S. The lowest BCUT2D eigenvalue weighted by Crippen LogP contribution is -2.32. The van der Waals surface area contributed by atoms with E-state index in [1.165, 1.54) is 65.4 Å². The Bertz CT molecular complexity index is 2680. The summed E-state index contributed by atoms with van der Waals surface area (Å²) in [6.07, 6.45) is 6.95. The van der Waals surface area contributed by atoms with Crippen LogP contribution >= 0.6 is 11.8 Å². The molecule has 1 spiro atoms. The van der Waals surface area contributed by atoms with Crippen LogP contribution in [0, 0.1) is 29.6 Å². The van der Waals surface area contributed by atoms with Crippen LogP contribution < -0.4 is 0 Å². The fourth-order valence-electron chi connectivity index (χ4n) is 11.3. The molecule has 3 heteroatoms. The molecule has 298 valence electrons. The first kappa shape index (κ1) is 38.7. The van der Waals surface area contributed by atoms with E-state index in [0.717, 1.165) is 30.0 Å². The number of hydrogen-bond donors (Lipinski definition) is 0. The average molecular weight is 799 g/mol. The van der Waals surface area contributed by atoms with Gasteiger partial charge in [-0.05, 0) is 110 Å². The third-order valence-electron chi connectivity index (χ3n) is 13.9. The number of aliphatic imine (C=N–C) groups is 2. The second-order valence-electron chi connectivity index (χ2n) is 17.8. The van der Waals surface area contributed by atoms with Crippen molar-refractivity contribution in [3.63, 3.8) is 0 Å². The molecule has 6 aromatic carbocycles. The van der Waals surface area contributed by atoms with E-state index in [0.29, 0.717) is 23.7 Å². The lowest BCUT2D eigenvalue weighted by Gasteiger charge is -2.39. The van der Waals surface area contributed by atoms with Crippen molar-refractivity contribution in [2.75, 3.05) is 0 Å². The van der Waals surface area contributed by atoms with E-state index in [-0.39, 0.29) is 12.0 Å². The minimum Gasteiger partial charge on any atom is -0.257 e. The van der Waals surface area contributed by atoms with Crippen molar-refractivity contribution in [2.24, 2.45) is 39.6 Å². The van der Waals surface area contributed by atoms with Gasteiger partial charge in [0.05, 0.1) is 17.2 Å². The van der Waals surface area contributed by atoms with Gasteiger partial charge in [0, 0.05) is 21.3 Å². The number of rotatable bonds is 8. The molecule has 0 saturated heterocycles. The second kappa shape index (κ2) is 15.5. The Morgan fingerprint density at radius 2 is 1.17 bits per heavy atom. The molecule has 4 atom stereocenters. The molecule has 0 fully saturated rings. The molecule has 0 amide bonds. The Balaban J connectivity index is 1.13. The maximum Gasteiger partial charge on any atom is 0.155 e. The molecule has 2 nitrogen and oxygen atoms in total. The predicted octanol–water partition coefficient (Wildman–Crippen LogP) is 14.8. The number of amidine groups is 1. The number of allylic oxidation sites excluding steroid dienone is 4. The van der Waals surface area contributed by atoms with E-state index in [2.05, 4.69) is 199 Å². The highest BCUT2D eigenvalue weighted by Crippen LogP contribution is 2.62. The van der Waals surface area contributed by atoms with Gasteiger partial charge in [-0.25, -0.2) is 4.99 Å². The van der Waals surface area contributed by atoms with Crippen molar-refractivity contribution in [1.82, 2.24) is 0 Å². The van der Waals surface area contributed by atoms with Crippen molar-refractivity contribution in [1.29, 1.82) is 0 Å². The normalized spacial score (nSPS) is 21.1. The van der Waals surface area contributed by atoms with Gasteiger partial charge in [-0.1, -0.05) is 198 Å². The third kappa shape index (κ3) is 6.06. The summed E-state index contributed by atoms with van der Waals surface area (Å²) >= 11 is 1.89. The number of fused-ring (bicyclic) bond motifs is 9. The Hall–Kier alpha value is -5.51. The molecule has 2 aliphatic carbocycles. The van der Waals surface area contributed by atoms with E-state index in [1.54, 1.807) is 5.57 Å². The first-order valence-corrected chi connectivity index (χ1v) is 23.0. The summed E-state index contributed by atoms with van der Waals surface area (Å²) < 4.78 is 0. The van der Waals surface area contributed by atoms with Crippen LogP contribution in [-0.2, 0) is 5.41 Å². The van der Waals surface area contributed by atoms with E-state index >= 15 is 0 Å². The summed E-state index contributed by atoms with van der Waals surface area (Å²) in [6.45, 7) is 14.2. The Labute approximate surface area is 361 Å². The van der Waals surface area contributed by atoms with E-state index in [4.69, 9.17) is 9.98 Å². The smallest absolute Gasteiger partial charge is 0.155 e. The first-order valence-electron chi connectivity index (χ1n) is 22.2. The standard InChI is InChI=1S/C57H54N2S/c1-7-41-43(35(3)4)32-33-44(53(41)36(5)6)37-26-28-39(29-27-37)55-42(8-2)54(38-18-10-9-11-19-38)58-56(59-55)40-30-31-46-45-20-12-13-21-47(45)57(50(46)34-40)48-22-14-16-24-51(48)60-52-25-17-15-23-49(52)57/h9-36,41-42,53,55H,7-8H2,1-6H3. The highest BCUT2D eigenvalue weighted by atomic mass is 32.2. The number of nitrogens with zero attached hydrogens (tertiary/aromatic N) is 2. The molecule has 2 aliphatic heterocycles. The van der Waals surface area contributed by atoms with Crippen LogP contribution in [0.2, 0.25) is 0 Å². The molecule has 10 rings (SSSR count). The molecule has 0 saturated carbocycles. The first-order chi connectivity index (χ1) is 29.3.